The van der Waals surface area contributed by atoms with E-state index in [9.17, 15) is 18.0 Å². The van der Waals surface area contributed by atoms with Gasteiger partial charge in [-0.15, -0.1) is 0 Å². The van der Waals surface area contributed by atoms with E-state index in [0.29, 0.717) is 59.0 Å². The summed E-state index contributed by atoms with van der Waals surface area (Å²) in [5, 5.41) is 8.13. The molecule has 0 bridgehead atoms. The van der Waals surface area contributed by atoms with Gasteiger partial charge in [-0.2, -0.15) is 13.2 Å². The number of nitrogens with one attached hydrogen (secondary N) is 3. The predicted molar refractivity (Wildman–Crippen MR) is 144 cm³/mol. The average Bonchev–Trinajstić information content (AvgIpc) is 3.69. The Morgan fingerprint density at radius 2 is 1.66 bits per heavy atom. The third-order valence-corrected chi connectivity index (χ3v) is 7.28. The summed E-state index contributed by atoms with van der Waals surface area (Å²) in [6.07, 6.45) is -1.08. The standard InChI is InChI=1S/C26H24F3N7OS/c27-26(28,29)16-3-8-19-20(13-16)34-22-21(19)23(31-14-30-22)35-9-11-36(12-10-35)25(38)33-18-6-4-17(5-7-18)32-24(37)15-1-2-15/h3-8,13-15H,1-2,9-12H2,(H,32,37)(H,33,38)(H,30,31,34). The van der Waals surface area contributed by atoms with Crippen LogP contribution in [0.3, 0.4) is 0 Å². The number of fused-ring (bicyclic) bond motifs is 3. The molecule has 2 aromatic carbocycles. The first-order valence-electron chi connectivity index (χ1n) is 12.3. The number of carbonyl (C=O) groups is 1. The fraction of sp³-hybridized carbons (Fsp3) is 0.308. The van der Waals surface area contributed by atoms with Crippen molar-refractivity contribution in [2.45, 2.75) is 19.0 Å². The van der Waals surface area contributed by atoms with E-state index in [2.05, 4.69) is 35.4 Å². The molecule has 2 aliphatic rings. The Balaban J connectivity index is 1.12. The highest BCUT2D eigenvalue weighted by atomic mass is 32.1. The van der Waals surface area contributed by atoms with E-state index in [-0.39, 0.29) is 11.8 Å². The number of aromatic amines is 1. The number of alkyl halides is 3. The fourth-order valence-corrected chi connectivity index (χ4v) is 4.98. The van der Waals surface area contributed by atoms with Gasteiger partial charge in [-0.25, -0.2) is 9.97 Å². The summed E-state index contributed by atoms with van der Waals surface area (Å²) in [7, 11) is 0. The molecule has 3 heterocycles. The van der Waals surface area contributed by atoms with Crippen molar-refractivity contribution in [1.82, 2.24) is 19.9 Å². The van der Waals surface area contributed by atoms with Gasteiger partial charge >= 0.3 is 6.18 Å². The number of piperazine rings is 1. The normalized spacial score (nSPS) is 16.2. The number of rotatable bonds is 4. The Morgan fingerprint density at radius 3 is 2.32 bits per heavy atom. The smallest absolute Gasteiger partial charge is 0.352 e. The van der Waals surface area contributed by atoms with Gasteiger partial charge < -0.3 is 25.4 Å². The fourth-order valence-electron chi connectivity index (χ4n) is 4.68. The predicted octanol–water partition coefficient (Wildman–Crippen LogP) is 5.00. The first kappa shape index (κ1) is 24.4. The van der Waals surface area contributed by atoms with Crippen LogP contribution in [0.1, 0.15) is 18.4 Å². The number of thiocarbonyl (C=S) groups is 1. The molecule has 1 saturated carbocycles. The average molecular weight is 540 g/mol. The van der Waals surface area contributed by atoms with E-state index >= 15 is 0 Å². The van der Waals surface area contributed by atoms with Crippen LogP contribution in [0.15, 0.2) is 48.8 Å². The SMILES string of the molecule is O=C(Nc1ccc(NC(=S)N2CCN(c3ncnc4[nH]c5cc(C(F)(F)F)ccc5c34)CC2)cc1)C1CC1. The van der Waals surface area contributed by atoms with Crippen LogP contribution >= 0.6 is 12.2 Å². The molecule has 4 aromatic rings. The lowest BCUT2D eigenvalue weighted by Crippen LogP contribution is -2.50. The molecule has 196 valence electrons. The lowest BCUT2D eigenvalue weighted by Gasteiger charge is -2.37. The molecule has 12 heteroatoms. The second-order valence-corrected chi connectivity index (χ2v) is 9.94. The number of carbonyl (C=O) groups excluding carboxylic acids is 1. The molecular formula is C26H24F3N7OS. The quantitative estimate of drug-likeness (QED) is 0.315. The summed E-state index contributed by atoms with van der Waals surface area (Å²) in [5.74, 6) is 0.901. The van der Waals surface area contributed by atoms with E-state index in [1.807, 2.05) is 24.3 Å². The molecule has 0 unspecified atom stereocenters. The van der Waals surface area contributed by atoms with Crippen LogP contribution in [0.4, 0.5) is 30.4 Å². The largest absolute Gasteiger partial charge is 0.416 e. The van der Waals surface area contributed by atoms with Crippen LogP contribution < -0.4 is 15.5 Å². The van der Waals surface area contributed by atoms with Gasteiger partial charge in [-0.3, -0.25) is 4.79 Å². The third kappa shape index (κ3) is 4.83. The summed E-state index contributed by atoms with van der Waals surface area (Å²) in [4.78, 5) is 27.8. The topological polar surface area (TPSA) is 89.2 Å². The van der Waals surface area contributed by atoms with E-state index < -0.39 is 11.7 Å². The Labute approximate surface area is 221 Å². The molecule has 6 rings (SSSR count). The van der Waals surface area contributed by atoms with E-state index in [4.69, 9.17) is 12.2 Å². The van der Waals surface area contributed by atoms with Crippen LogP contribution in [-0.2, 0) is 11.0 Å². The summed E-state index contributed by atoms with van der Waals surface area (Å²) in [5.41, 5.74) is 1.75. The van der Waals surface area contributed by atoms with Gasteiger partial charge in [0.2, 0.25) is 5.91 Å². The summed E-state index contributed by atoms with van der Waals surface area (Å²) in [6.45, 7) is 2.56. The molecule has 2 fully saturated rings. The molecule has 1 aliphatic carbocycles. The van der Waals surface area contributed by atoms with Crippen LogP contribution in [-0.4, -0.2) is 57.1 Å². The van der Waals surface area contributed by atoms with Crippen molar-refractivity contribution in [1.29, 1.82) is 0 Å². The Bertz CT molecular complexity index is 1520. The molecule has 0 spiro atoms. The van der Waals surface area contributed by atoms with Gasteiger partial charge in [0.05, 0.1) is 10.9 Å². The van der Waals surface area contributed by atoms with Gasteiger partial charge in [-0.05, 0) is 61.5 Å². The van der Waals surface area contributed by atoms with Crippen LogP contribution in [0.2, 0.25) is 0 Å². The molecule has 38 heavy (non-hydrogen) atoms. The zero-order valence-electron chi connectivity index (χ0n) is 20.2. The number of anilines is 3. The molecule has 3 N–H and O–H groups in total. The number of nitrogens with zero attached hydrogens (tertiary/aromatic N) is 4. The van der Waals surface area contributed by atoms with Gasteiger partial charge in [0, 0.05) is 54.4 Å². The van der Waals surface area contributed by atoms with E-state index in [0.717, 1.165) is 36.3 Å². The monoisotopic (exact) mass is 539 g/mol. The number of benzene rings is 2. The number of hydrogen-bond acceptors (Lipinski definition) is 5. The molecule has 1 amide bonds. The minimum atomic E-state index is -4.42. The summed E-state index contributed by atoms with van der Waals surface area (Å²) >= 11 is 5.63. The highest BCUT2D eigenvalue weighted by Gasteiger charge is 2.31. The maximum Gasteiger partial charge on any atom is 0.416 e. The van der Waals surface area contributed by atoms with Gasteiger partial charge in [0.15, 0.2) is 5.11 Å². The molecule has 8 nitrogen and oxygen atoms in total. The van der Waals surface area contributed by atoms with E-state index in [1.54, 1.807) is 0 Å². The van der Waals surface area contributed by atoms with Crippen molar-refractivity contribution in [2.24, 2.45) is 5.92 Å². The number of amides is 1. The summed E-state index contributed by atoms with van der Waals surface area (Å²) in [6, 6.07) is 11.1. The molecule has 0 atom stereocenters. The molecular weight excluding hydrogens is 515 g/mol. The maximum atomic E-state index is 13.2. The highest BCUT2D eigenvalue weighted by Crippen LogP contribution is 2.36. The first-order chi connectivity index (χ1) is 18.3. The second-order valence-electron chi connectivity index (χ2n) is 9.55. The lowest BCUT2D eigenvalue weighted by molar-refractivity contribution is -0.137. The lowest BCUT2D eigenvalue weighted by atomic mass is 10.1. The molecule has 1 saturated heterocycles. The Hall–Kier alpha value is -3.93. The Morgan fingerprint density at radius 1 is 0.974 bits per heavy atom. The number of H-pyrrole nitrogens is 1. The third-order valence-electron chi connectivity index (χ3n) is 6.91. The van der Waals surface area contributed by atoms with Gasteiger partial charge in [0.1, 0.15) is 17.8 Å². The molecule has 2 aromatic heterocycles. The van der Waals surface area contributed by atoms with Crippen molar-refractivity contribution >= 4 is 62.4 Å². The van der Waals surface area contributed by atoms with Crippen molar-refractivity contribution < 1.29 is 18.0 Å². The number of aromatic nitrogens is 3. The van der Waals surface area contributed by atoms with Crippen molar-refractivity contribution in [3.05, 3.63) is 54.4 Å². The number of hydrogen-bond donors (Lipinski definition) is 3. The Kier molecular flexibility index (Phi) is 6.05. The van der Waals surface area contributed by atoms with Crippen molar-refractivity contribution in [2.75, 3.05) is 41.7 Å². The highest BCUT2D eigenvalue weighted by molar-refractivity contribution is 7.80. The van der Waals surface area contributed by atoms with Crippen LogP contribution in [0, 0.1) is 5.92 Å². The minimum Gasteiger partial charge on any atom is -0.352 e. The van der Waals surface area contributed by atoms with Crippen LogP contribution in [0.25, 0.3) is 21.9 Å². The molecule has 0 radical (unpaired) electrons. The van der Waals surface area contributed by atoms with Gasteiger partial charge in [0.25, 0.3) is 0 Å². The van der Waals surface area contributed by atoms with Crippen molar-refractivity contribution in [3.8, 4) is 0 Å². The maximum absolute atomic E-state index is 13.2. The zero-order valence-corrected chi connectivity index (χ0v) is 21.0. The van der Waals surface area contributed by atoms with E-state index in [1.165, 1.54) is 12.4 Å². The van der Waals surface area contributed by atoms with Crippen LogP contribution in [0.5, 0.6) is 0 Å². The zero-order chi connectivity index (χ0) is 26.4. The minimum absolute atomic E-state index is 0.0683. The first-order valence-corrected chi connectivity index (χ1v) is 12.7. The van der Waals surface area contributed by atoms with Crippen molar-refractivity contribution in [3.63, 3.8) is 0 Å². The second kappa shape index (κ2) is 9.43. The number of halogens is 3. The summed E-state index contributed by atoms with van der Waals surface area (Å²) < 4.78 is 39.6. The molecule has 1 aliphatic heterocycles. The van der Waals surface area contributed by atoms with Gasteiger partial charge in [-0.1, -0.05) is 6.07 Å².